The maximum absolute atomic E-state index is 11.7. The highest BCUT2D eigenvalue weighted by Crippen LogP contribution is 2.46. The van der Waals surface area contributed by atoms with Gasteiger partial charge in [0.05, 0.1) is 0 Å². The van der Waals surface area contributed by atoms with Gasteiger partial charge in [0.25, 0.3) is 5.79 Å². The number of nitrogens with one attached hydrogen (secondary N) is 1. The van der Waals surface area contributed by atoms with E-state index in [0.717, 1.165) is 42.9 Å². The highest BCUT2D eigenvalue weighted by Gasteiger charge is 2.42. The summed E-state index contributed by atoms with van der Waals surface area (Å²) >= 11 is 0. The van der Waals surface area contributed by atoms with Gasteiger partial charge in [0.15, 0.2) is 11.5 Å². The van der Waals surface area contributed by atoms with E-state index >= 15 is 0 Å². The molecule has 1 aromatic carbocycles. The van der Waals surface area contributed by atoms with Gasteiger partial charge < -0.3 is 14.8 Å². The van der Waals surface area contributed by atoms with E-state index in [2.05, 4.69) is 5.32 Å². The highest BCUT2D eigenvalue weighted by atomic mass is 16.7. The monoisotopic (exact) mass is 275 g/mol. The number of ether oxygens (including phenoxy) is 2. The molecule has 20 heavy (non-hydrogen) atoms. The topological polar surface area (TPSA) is 47.6 Å². The number of rotatable bonds is 2. The number of hydrogen-bond donors (Lipinski definition) is 1. The molecule has 108 valence electrons. The zero-order valence-corrected chi connectivity index (χ0v) is 12.1. The van der Waals surface area contributed by atoms with Crippen molar-refractivity contribution >= 4 is 11.6 Å². The summed E-state index contributed by atoms with van der Waals surface area (Å²) in [6.45, 7) is 3.75. The van der Waals surface area contributed by atoms with Crippen molar-refractivity contribution in [3.8, 4) is 11.5 Å². The zero-order valence-electron chi connectivity index (χ0n) is 12.1. The fraction of sp³-hybridized carbons (Fsp3) is 0.562. The quantitative estimate of drug-likeness (QED) is 0.895. The van der Waals surface area contributed by atoms with Crippen LogP contribution in [0.4, 0.5) is 5.69 Å². The molecule has 4 nitrogen and oxygen atoms in total. The summed E-state index contributed by atoms with van der Waals surface area (Å²) < 4.78 is 12.1. The molecule has 1 amide bonds. The van der Waals surface area contributed by atoms with E-state index in [1.165, 1.54) is 6.42 Å². The zero-order chi connectivity index (χ0) is 14.2. The Morgan fingerprint density at radius 1 is 1.15 bits per heavy atom. The molecule has 0 aromatic heterocycles. The minimum absolute atomic E-state index is 0.0104. The number of anilines is 1. The molecule has 3 rings (SSSR count). The van der Waals surface area contributed by atoms with Crippen LogP contribution in [0.1, 0.15) is 46.0 Å². The van der Waals surface area contributed by atoms with E-state index in [-0.39, 0.29) is 11.8 Å². The molecule has 1 spiro atoms. The van der Waals surface area contributed by atoms with E-state index in [1.54, 1.807) is 0 Å². The third-order valence-corrected chi connectivity index (χ3v) is 3.94. The summed E-state index contributed by atoms with van der Waals surface area (Å²) in [6.07, 6.45) is 5.42. The van der Waals surface area contributed by atoms with Crippen molar-refractivity contribution in [3.63, 3.8) is 0 Å². The van der Waals surface area contributed by atoms with Crippen LogP contribution in [-0.4, -0.2) is 11.7 Å². The summed E-state index contributed by atoms with van der Waals surface area (Å²) in [4.78, 5) is 11.7. The number of carbonyl (C=O) groups is 1. The Morgan fingerprint density at radius 3 is 2.55 bits per heavy atom. The molecule has 0 unspecified atom stereocenters. The van der Waals surface area contributed by atoms with E-state index in [4.69, 9.17) is 9.47 Å². The fourth-order valence-electron chi connectivity index (χ4n) is 2.75. The van der Waals surface area contributed by atoms with Gasteiger partial charge in [0, 0.05) is 30.5 Å². The normalized spacial score (nSPS) is 19.4. The molecule has 1 heterocycles. The van der Waals surface area contributed by atoms with E-state index < -0.39 is 5.79 Å². The molecule has 0 bridgehead atoms. The van der Waals surface area contributed by atoms with Gasteiger partial charge in [0.2, 0.25) is 5.91 Å². The van der Waals surface area contributed by atoms with Crippen molar-refractivity contribution in [3.05, 3.63) is 18.2 Å². The number of hydrogen-bond acceptors (Lipinski definition) is 3. The van der Waals surface area contributed by atoms with Gasteiger partial charge in [-0.3, -0.25) is 4.79 Å². The SMILES string of the molecule is CC(C)C(=O)Nc1ccc2c(c1)OC1(CCCCC1)O2. The van der Waals surface area contributed by atoms with E-state index in [0.29, 0.717) is 0 Å². The second-order valence-electron chi connectivity index (χ2n) is 5.98. The van der Waals surface area contributed by atoms with Crippen molar-refractivity contribution in [2.45, 2.75) is 51.7 Å². The van der Waals surface area contributed by atoms with Crippen molar-refractivity contribution in [2.75, 3.05) is 5.32 Å². The Bertz CT molecular complexity index is 518. The molecule has 1 aromatic rings. The van der Waals surface area contributed by atoms with Crippen LogP contribution >= 0.6 is 0 Å². The third kappa shape index (κ3) is 2.47. The lowest BCUT2D eigenvalue weighted by Crippen LogP contribution is -2.40. The number of benzene rings is 1. The molecule has 4 heteroatoms. The summed E-state index contributed by atoms with van der Waals surface area (Å²) in [5.74, 6) is 1.05. The van der Waals surface area contributed by atoms with E-state index in [9.17, 15) is 4.79 Å². The molecule has 1 saturated carbocycles. The fourth-order valence-corrected chi connectivity index (χ4v) is 2.75. The molecule has 2 aliphatic rings. The molecule has 0 atom stereocenters. The van der Waals surface area contributed by atoms with Crippen LogP contribution in [0.2, 0.25) is 0 Å². The smallest absolute Gasteiger partial charge is 0.251 e. The van der Waals surface area contributed by atoms with Crippen molar-refractivity contribution < 1.29 is 14.3 Å². The molecule has 1 aliphatic carbocycles. The Morgan fingerprint density at radius 2 is 1.85 bits per heavy atom. The summed E-state index contributed by atoms with van der Waals surface area (Å²) in [5, 5.41) is 2.89. The summed E-state index contributed by atoms with van der Waals surface area (Å²) in [7, 11) is 0. The van der Waals surface area contributed by atoms with Crippen LogP contribution in [0.3, 0.4) is 0 Å². The van der Waals surface area contributed by atoms with Crippen LogP contribution in [0.5, 0.6) is 11.5 Å². The molecule has 0 saturated heterocycles. The third-order valence-electron chi connectivity index (χ3n) is 3.94. The lowest BCUT2D eigenvalue weighted by molar-refractivity contribution is -0.118. The minimum atomic E-state index is -0.457. The number of amides is 1. The maximum Gasteiger partial charge on any atom is 0.251 e. The Balaban J connectivity index is 1.76. The standard InChI is InChI=1S/C16H21NO3/c1-11(2)15(18)17-12-6-7-13-14(10-12)20-16(19-13)8-4-3-5-9-16/h6-7,10-11H,3-5,8-9H2,1-2H3,(H,17,18). The first-order valence-corrected chi connectivity index (χ1v) is 7.41. The lowest BCUT2D eigenvalue weighted by atomic mass is 9.94. The van der Waals surface area contributed by atoms with Gasteiger partial charge in [-0.25, -0.2) is 0 Å². The summed E-state index contributed by atoms with van der Waals surface area (Å²) in [5.41, 5.74) is 0.763. The second kappa shape index (κ2) is 5.00. The van der Waals surface area contributed by atoms with Crippen LogP contribution in [0, 0.1) is 5.92 Å². The van der Waals surface area contributed by atoms with Gasteiger partial charge >= 0.3 is 0 Å². The first kappa shape index (κ1) is 13.3. The van der Waals surface area contributed by atoms with Crippen molar-refractivity contribution in [1.29, 1.82) is 0 Å². The number of fused-ring (bicyclic) bond motifs is 1. The Labute approximate surface area is 119 Å². The van der Waals surface area contributed by atoms with Gasteiger partial charge in [-0.1, -0.05) is 20.3 Å². The maximum atomic E-state index is 11.7. The molecule has 1 N–H and O–H groups in total. The molecular weight excluding hydrogens is 254 g/mol. The van der Waals surface area contributed by atoms with Crippen LogP contribution in [0.15, 0.2) is 18.2 Å². The second-order valence-corrected chi connectivity index (χ2v) is 5.98. The van der Waals surface area contributed by atoms with Gasteiger partial charge in [0.1, 0.15) is 0 Å². The molecule has 1 aliphatic heterocycles. The van der Waals surface area contributed by atoms with Gasteiger partial charge in [-0.15, -0.1) is 0 Å². The highest BCUT2D eigenvalue weighted by molar-refractivity contribution is 5.92. The Hall–Kier alpha value is -1.71. The van der Waals surface area contributed by atoms with Gasteiger partial charge in [-0.2, -0.15) is 0 Å². The van der Waals surface area contributed by atoms with Gasteiger partial charge in [-0.05, 0) is 25.0 Å². The van der Waals surface area contributed by atoms with Crippen LogP contribution < -0.4 is 14.8 Å². The van der Waals surface area contributed by atoms with Crippen LogP contribution in [-0.2, 0) is 4.79 Å². The number of carbonyl (C=O) groups excluding carboxylic acids is 1. The van der Waals surface area contributed by atoms with E-state index in [1.807, 2.05) is 32.0 Å². The van der Waals surface area contributed by atoms with Crippen molar-refractivity contribution in [2.24, 2.45) is 5.92 Å². The largest absolute Gasteiger partial charge is 0.448 e. The molecular formula is C16H21NO3. The average molecular weight is 275 g/mol. The predicted molar refractivity (Wildman–Crippen MR) is 77.0 cm³/mol. The molecule has 1 fully saturated rings. The summed E-state index contributed by atoms with van der Waals surface area (Å²) in [6, 6.07) is 5.61. The average Bonchev–Trinajstić information content (AvgIpc) is 2.76. The van der Waals surface area contributed by atoms with Crippen LogP contribution in [0.25, 0.3) is 0 Å². The predicted octanol–water partition coefficient (Wildman–Crippen LogP) is 3.71. The molecule has 0 radical (unpaired) electrons. The minimum Gasteiger partial charge on any atom is -0.448 e. The lowest BCUT2D eigenvalue weighted by Gasteiger charge is -2.31. The first-order valence-electron chi connectivity index (χ1n) is 7.41. The Kier molecular flexibility index (Phi) is 3.32. The first-order chi connectivity index (χ1) is 9.58. The van der Waals surface area contributed by atoms with Crippen molar-refractivity contribution in [1.82, 2.24) is 0 Å².